The quantitative estimate of drug-likeness (QED) is 0.870. The zero-order valence-electron chi connectivity index (χ0n) is 14.0. The van der Waals surface area contributed by atoms with Crippen LogP contribution in [-0.2, 0) is 11.3 Å². The van der Waals surface area contributed by atoms with E-state index in [1.807, 2.05) is 23.1 Å². The highest BCUT2D eigenvalue weighted by Gasteiger charge is 2.18. The molecular weight excluding hydrogens is 322 g/mol. The molecule has 2 aromatic rings. The number of rotatable bonds is 3. The van der Waals surface area contributed by atoms with Crippen molar-refractivity contribution in [2.24, 2.45) is 5.92 Å². The number of hydrogen-bond acceptors (Lipinski definition) is 3. The zero-order chi connectivity index (χ0) is 17.1. The van der Waals surface area contributed by atoms with Gasteiger partial charge in [0.2, 0.25) is 5.91 Å². The predicted molar refractivity (Wildman–Crippen MR) is 97.6 cm³/mol. The Kier molecular flexibility index (Phi) is 5.14. The number of para-hydroxylation sites is 1. The molecule has 1 aliphatic heterocycles. The molecule has 1 atom stereocenters. The fourth-order valence-electron chi connectivity index (χ4n) is 3.28. The molecule has 6 heteroatoms. The van der Waals surface area contributed by atoms with E-state index >= 15 is 0 Å². The van der Waals surface area contributed by atoms with Crippen molar-refractivity contribution in [3.63, 3.8) is 0 Å². The van der Waals surface area contributed by atoms with E-state index in [4.69, 9.17) is 12.2 Å². The van der Waals surface area contributed by atoms with E-state index in [9.17, 15) is 9.59 Å². The molecule has 0 unspecified atom stereocenters. The van der Waals surface area contributed by atoms with E-state index < -0.39 is 0 Å². The highest BCUT2D eigenvalue weighted by molar-refractivity contribution is 7.71. The Bertz CT molecular complexity index is 855. The van der Waals surface area contributed by atoms with Crippen LogP contribution in [0, 0.1) is 10.7 Å². The van der Waals surface area contributed by atoms with E-state index in [1.54, 1.807) is 6.07 Å². The second-order valence-corrected chi connectivity index (χ2v) is 6.99. The van der Waals surface area contributed by atoms with Crippen LogP contribution in [0.2, 0.25) is 0 Å². The van der Waals surface area contributed by atoms with Crippen molar-refractivity contribution in [3.05, 3.63) is 39.4 Å². The number of carbonyl (C=O) groups is 1. The van der Waals surface area contributed by atoms with E-state index in [0.717, 1.165) is 31.4 Å². The molecule has 24 heavy (non-hydrogen) atoms. The highest BCUT2D eigenvalue weighted by Crippen LogP contribution is 2.17. The number of hydrogen-bond donors (Lipinski definition) is 1. The first kappa shape index (κ1) is 16.9. The van der Waals surface area contributed by atoms with Crippen molar-refractivity contribution in [2.75, 3.05) is 13.1 Å². The molecule has 1 N–H and O–H groups in total. The molecule has 3 rings (SSSR count). The summed E-state index contributed by atoms with van der Waals surface area (Å²) >= 11 is 5.30. The lowest BCUT2D eigenvalue weighted by Crippen LogP contribution is -2.33. The summed E-state index contributed by atoms with van der Waals surface area (Å²) < 4.78 is 1.87. The topological polar surface area (TPSA) is 58.1 Å². The molecule has 1 aromatic heterocycles. The largest absolute Gasteiger partial charge is 0.343 e. The van der Waals surface area contributed by atoms with Gasteiger partial charge >= 0.3 is 0 Å². The van der Waals surface area contributed by atoms with E-state index in [2.05, 4.69) is 11.9 Å². The van der Waals surface area contributed by atoms with Gasteiger partial charge in [-0.05, 0) is 49.5 Å². The Morgan fingerprint density at radius 3 is 2.92 bits per heavy atom. The molecule has 0 radical (unpaired) electrons. The summed E-state index contributed by atoms with van der Waals surface area (Å²) in [6.45, 7) is 4.20. The van der Waals surface area contributed by atoms with Crippen molar-refractivity contribution in [1.82, 2.24) is 14.5 Å². The van der Waals surface area contributed by atoms with Crippen LogP contribution >= 0.6 is 12.2 Å². The van der Waals surface area contributed by atoms with Crippen LogP contribution < -0.4 is 5.56 Å². The maximum Gasteiger partial charge on any atom is 0.262 e. The number of amides is 1. The van der Waals surface area contributed by atoms with Gasteiger partial charge < -0.3 is 9.88 Å². The maximum atomic E-state index is 12.6. The Balaban J connectivity index is 1.75. The Labute approximate surface area is 146 Å². The fraction of sp³-hybridized carbons (Fsp3) is 0.500. The fourth-order valence-corrected chi connectivity index (χ4v) is 3.56. The van der Waals surface area contributed by atoms with Crippen LogP contribution in [0.25, 0.3) is 10.9 Å². The first-order valence-electron chi connectivity index (χ1n) is 8.56. The number of likely N-dealkylation sites (tertiary alicyclic amines) is 1. The molecule has 1 amide bonds. The molecule has 1 aliphatic rings. The van der Waals surface area contributed by atoms with Crippen molar-refractivity contribution in [2.45, 2.75) is 39.2 Å². The number of aromatic nitrogens is 2. The van der Waals surface area contributed by atoms with Crippen LogP contribution in [0.5, 0.6) is 0 Å². The summed E-state index contributed by atoms with van der Waals surface area (Å²) in [5, 5.41) is 0.599. The van der Waals surface area contributed by atoms with Gasteiger partial charge in [0.05, 0.1) is 10.9 Å². The van der Waals surface area contributed by atoms with Gasteiger partial charge in [0.15, 0.2) is 4.77 Å². The maximum absolute atomic E-state index is 12.6. The minimum Gasteiger partial charge on any atom is -0.343 e. The SMILES string of the molecule is C[C@@H]1CCCN(C(=O)CCn2c(=S)[nH]c3ccccc3c2=O)CC1. The average molecular weight is 345 g/mol. The summed E-state index contributed by atoms with van der Waals surface area (Å²) in [4.78, 5) is 30.1. The van der Waals surface area contributed by atoms with Crippen LogP contribution in [0.1, 0.15) is 32.6 Å². The van der Waals surface area contributed by atoms with Gasteiger partial charge in [-0.3, -0.25) is 14.2 Å². The number of aromatic amines is 1. The van der Waals surface area contributed by atoms with E-state index in [1.165, 1.54) is 11.0 Å². The number of nitrogens with zero attached hydrogens (tertiary/aromatic N) is 2. The van der Waals surface area contributed by atoms with Crippen LogP contribution in [0.15, 0.2) is 29.1 Å². The van der Waals surface area contributed by atoms with E-state index in [0.29, 0.717) is 29.0 Å². The van der Waals surface area contributed by atoms with Gasteiger partial charge in [-0.15, -0.1) is 0 Å². The van der Waals surface area contributed by atoms with Gasteiger partial charge in [0.1, 0.15) is 0 Å². The lowest BCUT2D eigenvalue weighted by atomic mass is 10.0. The molecule has 0 spiro atoms. The van der Waals surface area contributed by atoms with Crippen LogP contribution in [0.3, 0.4) is 0 Å². The predicted octanol–water partition coefficient (Wildman–Crippen LogP) is 3.10. The summed E-state index contributed by atoms with van der Waals surface area (Å²) in [5.74, 6) is 0.790. The Morgan fingerprint density at radius 2 is 2.08 bits per heavy atom. The standard InChI is InChI=1S/C18H23N3O2S/c1-13-5-4-10-20(11-8-13)16(22)9-12-21-17(23)14-6-2-3-7-15(14)19-18(21)24/h2-3,6-7,13H,4-5,8-12H2,1H3,(H,19,24)/t13-/m1/s1. The number of fused-ring (bicyclic) bond motifs is 1. The third kappa shape index (κ3) is 3.59. The Morgan fingerprint density at radius 1 is 1.29 bits per heavy atom. The van der Waals surface area contributed by atoms with Crippen molar-refractivity contribution >= 4 is 29.0 Å². The lowest BCUT2D eigenvalue weighted by molar-refractivity contribution is -0.131. The third-order valence-electron chi connectivity index (χ3n) is 4.81. The minimum absolute atomic E-state index is 0.110. The van der Waals surface area contributed by atoms with Gasteiger partial charge in [0.25, 0.3) is 5.56 Å². The zero-order valence-corrected chi connectivity index (χ0v) is 14.8. The van der Waals surface area contributed by atoms with Gasteiger partial charge in [0, 0.05) is 26.1 Å². The summed E-state index contributed by atoms with van der Waals surface area (Å²) in [6, 6.07) is 7.30. The van der Waals surface area contributed by atoms with Gasteiger partial charge in [-0.2, -0.15) is 0 Å². The summed E-state index contributed by atoms with van der Waals surface area (Å²) in [7, 11) is 0. The number of nitrogens with one attached hydrogen (secondary N) is 1. The number of H-pyrrole nitrogens is 1. The molecule has 0 saturated carbocycles. The molecule has 1 aromatic carbocycles. The molecular formula is C18H23N3O2S. The van der Waals surface area contributed by atoms with Crippen LogP contribution in [-0.4, -0.2) is 33.4 Å². The monoisotopic (exact) mass is 345 g/mol. The lowest BCUT2D eigenvalue weighted by Gasteiger charge is -2.20. The second kappa shape index (κ2) is 7.30. The number of benzene rings is 1. The average Bonchev–Trinajstić information content (AvgIpc) is 2.79. The number of carbonyl (C=O) groups excluding carboxylic acids is 1. The van der Waals surface area contributed by atoms with Crippen molar-refractivity contribution in [1.29, 1.82) is 0 Å². The third-order valence-corrected chi connectivity index (χ3v) is 5.13. The summed E-state index contributed by atoms with van der Waals surface area (Å²) in [6.07, 6.45) is 3.61. The molecule has 0 bridgehead atoms. The van der Waals surface area contributed by atoms with E-state index in [-0.39, 0.29) is 11.5 Å². The highest BCUT2D eigenvalue weighted by atomic mass is 32.1. The smallest absolute Gasteiger partial charge is 0.262 e. The molecule has 1 fully saturated rings. The second-order valence-electron chi connectivity index (χ2n) is 6.60. The van der Waals surface area contributed by atoms with Crippen molar-refractivity contribution < 1.29 is 4.79 Å². The van der Waals surface area contributed by atoms with Crippen LogP contribution in [0.4, 0.5) is 0 Å². The molecule has 128 valence electrons. The molecule has 5 nitrogen and oxygen atoms in total. The first-order chi connectivity index (χ1) is 11.6. The Hall–Kier alpha value is -1.95. The van der Waals surface area contributed by atoms with Gasteiger partial charge in [-0.25, -0.2) is 0 Å². The summed E-state index contributed by atoms with van der Waals surface area (Å²) in [5.41, 5.74) is 0.600. The first-order valence-corrected chi connectivity index (χ1v) is 8.96. The molecule has 0 aliphatic carbocycles. The molecule has 1 saturated heterocycles. The molecule has 2 heterocycles. The minimum atomic E-state index is -0.133. The normalized spacial score (nSPS) is 18.5. The van der Waals surface area contributed by atoms with Crippen molar-refractivity contribution in [3.8, 4) is 0 Å². The van der Waals surface area contributed by atoms with Gasteiger partial charge in [-0.1, -0.05) is 19.1 Å².